The van der Waals surface area contributed by atoms with Gasteiger partial charge in [0.25, 0.3) is 0 Å². The number of fused-ring (bicyclic) bond motifs is 2. The fourth-order valence-electron chi connectivity index (χ4n) is 2.95. The second-order valence-electron chi connectivity index (χ2n) is 5.31. The Balaban J connectivity index is 1.76. The highest BCUT2D eigenvalue weighted by atomic mass is 16.5. The number of allylic oxidation sites excluding steroid dienone is 2. The van der Waals surface area contributed by atoms with E-state index in [9.17, 15) is 9.59 Å². The lowest BCUT2D eigenvalue weighted by atomic mass is 9.80. The maximum Gasteiger partial charge on any atom is 0.185 e. The van der Waals surface area contributed by atoms with Gasteiger partial charge in [0, 0.05) is 11.0 Å². The summed E-state index contributed by atoms with van der Waals surface area (Å²) >= 11 is 0. The molecule has 0 radical (unpaired) electrons. The van der Waals surface area contributed by atoms with Gasteiger partial charge in [-0.2, -0.15) is 0 Å². The third-order valence-corrected chi connectivity index (χ3v) is 4.05. The lowest BCUT2D eigenvalue weighted by molar-refractivity contribution is -0.122. The molecule has 0 saturated carbocycles. The average Bonchev–Trinajstić information content (AvgIpc) is 3.13. The molecule has 1 aliphatic carbocycles. The topological polar surface area (TPSA) is 56.5 Å². The number of Topliss-reactive ketones (excluding diaryl/α,β-unsaturated/α-hetero) is 1. The van der Waals surface area contributed by atoms with Crippen LogP contribution in [0.15, 0.2) is 52.7 Å². The molecule has 0 N–H and O–H groups in total. The highest BCUT2D eigenvalue weighted by Gasteiger charge is 2.35. The third kappa shape index (κ3) is 1.83. The first-order valence-corrected chi connectivity index (χ1v) is 6.78. The summed E-state index contributed by atoms with van der Waals surface area (Å²) in [7, 11) is 0. The molecule has 4 heteroatoms. The Labute approximate surface area is 120 Å². The number of carbonyl (C=O) groups excluding carboxylic acids is 2. The smallest absolute Gasteiger partial charge is 0.185 e. The van der Waals surface area contributed by atoms with Crippen molar-refractivity contribution < 1.29 is 18.7 Å². The molecule has 2 atom stereocenters. The Morgan fingerprint density at radius 1 is 1.24 bits per heavy atom. The first-order chi connectivity index (χ1) is 10.3. The first kappa shape index (κ1) is 12.1. The normalized spacial score (nSPS) is 23.8. The van der Waals surface area contributed by atoms with Gasteiger partial charge in [0.15, 0.2) is 17.8 Å². The number of aldehydes is 1. The van der Waals surface area contributed by atoms with Gasteiger partial charge in [-0.25, -0.2) is 0 Å². The minimum Gasteiger partial charge on any atom is -0.500 e. The molecular weight excluding hydrogens is 268 g/mol. The third-order valence-electron chi connectivity index (χ3n) is 4.05. The molecule has 1 aliphatic heterocycles. The molecular formula is C17H12O4. The summed E-state index contributed by atoms with van der Waals surface area (Å²) in [6.45, 7) is 0.429. The van der Waals surface area contributed by atoms with E-state index in [-0.39, 0.29) is 17.6 Å². The van der Waals surface area contributed by atoms with Crippen LogP contribution in [-0.4, -0.2) is 18.7 Å². The van der Waals surface area contributed by atoms with Gasteiger partial charge in [-0.05, 0) is 23.8 Å². The van der Waals surface area contributed by atoms with Crippen molar-refractivity contribution >= 4 is 23.0 Å². The predicted molar refractivity (Wildman–Crippen MR) is 76.0 cm³/mol. The number of ketones is 1. The number of rotatable bonds is 2. The second kappa shape index (κ2) is 4.45. The summed E-state index contributed by atoms with van der Waals surface area (Å²) in [6.07, 6.45) is 6.20. The number of hydrogen-bond acceptors (Lipinski definition) is 4. The number of benzene rings is 1. The van der Waals surface area contributed by atoms with E-state index in [4.69, 9.17) is 9.15 Å². The van der Waals surface area contributed by atoms with Gasteiger partial charge in [-0.15, -0.1) is 0 Å². The van der Waals surface area contributed by atoms with E-state index in [2.05, 4.69) is 0 Å². The van der Waals surface area contributed by atoms with Gasteiger partial charge in [0.2, 0.25) is 0 Å². The van der Waals surface area contributed by atoms with Crippen LogP contribution in [0.5, 0.6) is 0 Å². The lowest BCUT2D eigenvalue weighted by Gasteiger charge is -2.21. The summed E-state index contributed by atoms with van der Waals surface area (Å²) in [4.78, 5) is 23.3. The van der Waals surface area contributed by atoms with Crippen LogP contribution in [0.1, 0.15) is 22.0 Å². The van der Waals surface area contributed by atoms with E-state index < -0.39 is 0 Å². The standard InChI is InChI=1S/C17H12O4/c18-7-13-6-12-5-10(2-4-16(12)21-13)14-3-1-11-8-20-9-15(11)17(14)19/h1-8,14-15H,9H2. The molecule has 1 aromatic heterocycles. The number of ether oxygens (including phenoxy) is 1. The van der Waals surface area contributed by atoms with Crippen LogP contribution in [0.2, 0.25) is 0 Å². The molecule has 0 bridgehead atoms. The van der Waals surface area contributed by atoms with Gasteiger partial charge in [-0.1, -0.05) is 18.2 Å². The fraction of sp³-hybridized carbons (Fsp3) is 0.176. The van der Waals surface area contributed by atoms with Crippen LogP contribution >= 0.6 is 0 Å². The van der Waals surface area contributed by atoms with Gasteiger partial charge < -0.3 is 9.15 Å². The maximum atomic E-state index is 12.6. The highest BCUT2D eigenvalue weighted by Crippen LogP contribution is 2.35. The van der Waals surface area contributed by atoms with Gasteiger partial charge in [-0.3, -0.25) is 9.59 Å². The maximum absolute atomic E-state index is 12.6. The fourth-order valence-corrected chi connectivity index (χ4v) is 2.95. The first-order valence-electron chi connectivity index (χ1n) is 6.78. The van der Waals surface area contributed by atoms with Crippen molar-refractivity contribution in [2.75, 3.05) is 6.61 Å². The molecule has 21 heavy (non-hydrogen) atoms. The van der Waals surface area contributed by atoms with E-state index in [0.29, 0.717) is 24.2 Å². The molecule has 4 nitrogen and oxygen atoms in total. The number of carbonyl (C=O) groups is 2. The number of hydrogen-bond donors (Lipinski definition) is 0. The van der Waals surface area contributed by atoms with Crippen LogP contribution in [0.3, 0.4) is 0 Å². The van der Waals surface area contributed by atoms with E-state index in [0.717, 1.165) is 16.5 Å². The molecule has 4 rings (SSSR count). The SMILES string of the molecule is O=Cc1cc2cc(C3C=CC4=COCC4C3=O)ccc2o1. The van der Waals surface area contributed by atoms with Crippen LogP contribution in [0.4, 0.5) is 0 Å². The largest absolute Gasteiger partial charge is 0.500 e. The van der Waals surface area contributed by atoms with Crippen molar-refractivity contribution in [1.29, 1.82) is 0 Å². The predicted octanol–water partition coefficient (Wildman–Crippen LogP) is 3.00. The Morgan fingerprint density at radius 2 is 2.14 bits per heavy atom. The summed E-state index contributed by atoms with van der Waals surface area (Å²) in [6, 6.07) is 7.27. The lowest BCUT2D eigenvalue weighted by Crippen LogP contribution is -2.26. The van der Waals surface area contributed by atoms with Crippen molar-refractivity contribution in [3.05, 3.63) is 59.6 Å². The summed E-state index contributed by atoms with van der Waals surface area (Å²) < 4.78 is 10.6. The van der Waals surface area contributed by atoms with Gasteiger partial charge in [0.1, 0.15) is 12.2 Å². The summed E-state index contributed by atoms with van der Waals surface area (Å²) in [5.41, 5.74) is 2.51. The van der Waals surface area contributed by atoms with Crippen LogP contribution in [0, 0.1) is 5.92 Å². The Morgan fingerprint density at radius 3 is 3.00 bits per heavy atom. The van der Waals surface area contributed by atoms with Gasteiger partial charge in [0.05, 0.1) is 18.1 Å². The minimum atomic E-state index is -0.271. The van der Waals surface area contributed by atoms with E-state index in [1.54, 1.807) is 18.4 Å². The highest BCUT2D eigenvalue weighted by molar-refractivity contribution is 5.95. The minimum absolute atomic E-state index is 0.153. The van der Waals surface area contributed by atoms with E-state index in [1.807, 2.05) is 24.3 Å². The molecule has 2 unspecified atom stereocenters. The molecule has 0 fully saturated rings. The van der Waals surface area contributed by atoms with Crippen molar-refractivity contribution in [2.24, 2.45) is 5.92 Å². The molecule has 0 spiro atoms. The molecule has 104 valence electrons. The van der Waals surface area contributed by atoms with E-state index >= 15 is 0 Å². The zero-order chi connectivity index (χ0) is 14.4. The molecule has 2 aromatic rings. The Bertz CT molecular complexity index is 809. The zero-order valence-electron chi connectivity index (χ0n) is 11.1. The molecule has 0 saturated heterocycles. The van der Waals surface area contributed by atoms with Crippen molar-refractivity contribution in [2.45, 2.75) is 5.92 Å². The van der Waals surface area contributed by atoms with Crippen LogP contribution in [0.25, 0.3) is 11.0 Å². The molecule has 2 aliphatic rings. The Kier molecular flexibility index (Phi) is 2.57. The zero-order valence-corrected chi connectivity index (χ0v) is 11.1. The van der Waals surface area contributed by atoms with E-state index in [1.165, 1.54) is 0 Å². The Hall–Kier alpha value is -2.62. The van der Waals surface area contributed by atoms with Crippen LogP contribution in [-0.2, 0) is 9.53 Å². The van der Waals surface area contributed by atoms with Crippen molar-refractivity contribution in [1.82, 2.24) is 0 Å². The van der Waals surface area contributed by atoms with Crippen LogP contribution < -0.4 is 0 Å². The summed E-state index contributed by atoms with van der Waals surface area (Å²) in [5, 5.41) is 0.833. The van der Waals surface area contributed by atoms with Crippen molar-refractivity contribution in [3.8, 4) is 0 Å². The quantitative estimate of drug-likeness (QED) is 0.793. The van der Waals surface area contributed by atoms with Gasteiger partial charge >= 0.3 is 0 Å². The molecule has 1 aromatic carbocycles. The second-order valence-corrected chi connectivity index (χ2v) is 5.31. The monoisotopic (exact) mass is 280 g/mol. The average molecular weight is 280 g/mol. The summed E-state index contributed by atoms with van der Waals surface area (Å²) in [5.74, 6) is 0.0141. The number of furan rings is 1. The van der Waals surface area contributed by atoms with Crippen molar-refractivity contribution in [3.63, 3.8) is 0 Å². The molecule has 0 amide bonds. The molecule has 2 heterocycles.